The number of hydrogen-bond acceptors (Lipinski definition) is 6. The Morgan fingerprint density at radius 1 is 1.26 bits per heavy atom. The molecule has 1 aliphatic heterocycles. The summed E-state index contributed by atoms with van der Waals surface area (Å²) in [5.41, 5.74) is 3.18. The standard InChI is InChI=1S/C18H13FN8/c19-12-2-1-6-27-15(12)8-14(25-27)18-17-13(21-10-22-17)5-7-26(18)16-4-3-11(9-20)23-24-16/h1-4,6,8,10,18H,5,7H2,(H,21,22)/t18-/m1/s1. The Labute approximate surface area is 152 Å². The van der Waals surface area contributed by atoms with Gasteiger partial charge in [-0.1, -0.05) is 0 Å². The van der Waals surface area contributed by atoms with Crippen LogP contribution in [0.3, 0.4) is 0 Å². The maximum Gasteiger partial charge on any atom is 0.163 e. The minimum atomic E-state index is -0.334. The topological polar surface area (TPSA) is 98.8 Å². The van der Waals surface area contributed by atoms with Crippen LogP contribution in [-0.2, 0) is 6.42 Å². The van der Waals surface area contributed by atoms with Crippen LogP contribution in [0.2, 0.25) is 0 Å². The van der Waals surface area contributed by atoms with E-state index in [2.05, 4.69) is 25.3 Å². The molecular formula is C18H13FN8. The number of anilines is 1. The number of nitrogens with zero attached hydrogens (tertiary/aromatic N) is 7. The summed E-state index contributed by atoms with van der Waals surface area (Å²) in [5.74, 6) is 0.282. The molecule has 0 radical (unpaired) electrons. The fourth-order valence-corrected chi connectivity index (χ4v) is 3.49. The highest BCUT2D eigenvalue weighted by atomic mass is 19.1. The molecule has 5 rings (SSSR count). The van der Waals surface area contributed by atoms with Crippen molar-refractivity contribution in [3.8, 4) is 6.07 Å². The molecular weight excluding hydrogens is 347 g/mol. The van der Waals surface area contributed by atoms with Crippen LogP contribution < -0.4 is 4.90 Å². The number of fused-ring (bicyclic) bond motifs is 2. The van der Waals surface area contributed by atoms with Crippen LogP contribution in [0.5, 0.6) is 0 Å². The van der Waals surface area contributed by atoms with Crippen molar-refractivity contribution in [1.82, 2.24) is 29.8 Å². The van der Waals surface area contributed by atoms with E-state index in [0.717, 1.165) is 17.8 Å². The van der Waals surface area contributed by atoms with Crippen molar-refractivity contribution in [2.24, 2.45) is 0 Å². The highest BCUT2D eigenvalue weighted by molar-refractivity contribution is 5.54. The van der Waals surface area contributed by atoms with Crippen molar-refractivity contribution in [3.63, 3.8) is 0 Å². The molecule has 0 bridgehead atoms. The molecule has 1 aliphatic rings. The third-order valence-electron chi connectivity index (χ3n) is 4.73. The number of aromatic nitrogens is 6. The molecule has 0 amide bonds. The zero-order valence-electron chi connectivity index (χ0n) is 14.0. The molecule has 4 aromatic heterocycles. The maximum atomic E-state index is 14.2. The van der Waals surface area contributed by atoms with Crippen molar-refractivity contribution >= 4 is 11.3 Å². The molecule has 0 unspecified atom stereocenters. The van der Waals surface area contributed by atoms with Crippen LogP contribution in [0.25, 0.3) is 5.52 Å². The van der Waals surface area contributed by atoms with E-state index >= 15 is 0 Å². The van der Waals surface area contributed by atoms with E-state index in [4.69, 9.17) is 5.26 Å². The fraction of sp³-hybridized carbons (Fsp3) is 0.167. The van der Waals surface area contributed by atoms with Crippen LogP contribution in [0.4, 0.5) is 10.2 Å². The molecule has 132 valence electrons. The highest BCUT2D eigenvalue weighted by Gasteiger charge is 2.34. The van der Waals surface area contributed by atoms with E-state index in [9.17, 15) is 4.39 Å². The lowest BCUT2D eigenvalue weighted by Gasteiger charge is -2.34. The number of rotatable bonds is 2. The van der Waals surface area contributed by atoms with E-state index < -0.39 is 0 Å². The predicted molar refractivity (Wildman–Crippen MR) is 93.4 cm³/mol. The van der Waals surface area contributed by atoms with Gasteiger partial charge in [0.05, 0.1) is 17.7 Å². The molecule has 0 spiro atoms. The second kappa shape index (κ2) is 5.88. The number of pyridine rings is 1. The Balaban J connectivity index is 1.66. The summed E-state index contributed by atoms with van der Waals surface area (Å²) >= 11 is 0. The average Bonchev–Trinajstić information content (AvgIpc) is 3.35. The number of halogens is 1. The summed E-state index contributed by atoms with van der Waals surface area (Å²) in [5, 5.41) is 21.6. The number of nitrogens with one attached hydrogen (secondary N) is 1. The first kappa shape index (κ1) is 15.5. The van der Waals surface area contributed by atoms with Gasteiger partial charge in [0.15, 0.2) is 11.5 Å². The number of nitriles is 1. The molecule has 0 saturated heterocycles. The van der Waals surface area contributed by atoms with E-state index in [1.807, 2.05) is 11.0 Å². The zero-order chi connectivity index (χ0) is 18.4. The van der Waals surface area contributed by atoms with E-state index in [1.54, 1.807) is 36.8 Å². The summed E-state index contributed by atoms with van der Waals surface area (Å²) in [4.78, 5) is 9.67. The largest absolute Gasteiger partial charge is 0.348 e. The lowest BCUT2D eigenvalue weighted by Crippen LogP contribution is -2.37. The Hall–Kier alpha value is -3.80. The Kier molecular flexibility index (Phi) is 3.36. The first-order valence-electron chi connectivity index (χ1n) is 8.41. The minimum Gasteiger partial charge on any atom is -0.348 e. The predicted octanol–water partition coefficient (Wildman–Crippen LogP) is 2.01. The van der Waals surface area contributed by atoms with Gasteiger partial charge >= 0.3 is 0 Å². The fourth-order valence-electron chi connectivity index (χ4n) is 3.49. The maximum absolute atomic E-state index is 14.2. The van der Waals surface area contributed by atoms with Crippen molar-refractivity contribution in [1.29, 1.82) is 5.26 Å². The molecule has 27 heavy (non-hydrogen) atoms. The number of aromatic amines is 1. The summed E-state index contributed by atoms with van der Waals surface area (Å²) in [7, 11) is 0. The lowest BCUT2D eigenvalue weighted by molar-refractivity contribution is 0.605. The van der Waals surface area contributed by atoms with Gasteiger partial charge in [0, 0.05) is 24.9 Å². The smallest absolute Gasteiger partial charge is 0.163 e. The van der Waals surface area contributed by atoms with Crippen molar-refractivity contribution < 1.29 is 4.39 Å². The van der Waals surface area contributed by atoms with Crippen LogP contribution >= 0.6 is 0 Å². The summed E-state index contributed by atoms with van der Waals surface area (Å²) in [6.07, 6.45) is 4.12. The van der Waals surface area contributed by atoms with Gasteiger partial charge in [-0.15, -0.1) is 10.2 Å². The second-order valence-electron chi connectivity index (χ2n) is 6.26. The quantitative estimate of drug-likeness (QED) is 0.587. The van der Waals surface area contributed by atoms with Gasteiger partial charge < -0.3 is 9.88 Å². The van der Waals surface area contributed by atoms with Gasteiger partial charge in [-0.2, -0.15) is 10.4 Å². The first-order chi connectivity index (χ1) is 13.2. The van der Waals surface area contributed by atoms with Crippen LogP contribution in [0.1, 0.15) is 28.8 Å². The molecule has 1 atom stereocenters. The van der Waals surface area contributed by atoms with Gasteiger partial charge in [-0.3, -0.25) is 0 Å². The molecule has 5 heterocycles. The van der Waals surface area contributed by atoms with Gasteiger partial charge in [0.25, 0.3) is 0 Å². The van der Waals surface area contributed by atoms with Gasteiger partial charge in [0.2, 0.25) is 0 Å². The summed E-state index contributed by atoms with van der Waals surface area (Å²) in [6.45, 7) is 0.663. The van der Waals surface area contributed by atoms with Crippen LogP contribution in [0.15, 0.2) is 42.9 Å². The highest BCUT2D eigenvalue weighted by Crippen LogP contribution is 2.35. The number of hydrogen-bond donors (Lipinski definition) is 1. The Morgan fingerprint density at radius 2 is 2.19 bits per heavy atom. The molecule has 0 fully saturated rings. The minimum absolute atomic E-state index is 0.252. The molecule has 0 aliphatic carbocycles. The van der Waals surface area contributed by atoms with Crippen molar-refractivity contribution in [3.05, 3.63) is 71.4 Å². The summed E-state index contributed by atoms with van der Waals surface area (Å²) in [6, 6.07) is 9.77. The third kappa shape index (κ3) is 2.42. The molecule has 0 aromatic carbocycles. The van der Waals surface area contributed by atoms with Crippen molar-refractivity contribution in [2.75, 3.05) is 11.4 Å². The molecule has 8 nitrogen and oxygen atoms in total. The van der Waals surface area contributed by atoms with E-state index in [0.29, 0.717) is 23.6 Å². The van der Waals surface area contributed by atoms with Gasteiger partial charge in [-0.25, -0.2) is 13.9 Å². The average molecular weight is 360 g/mol. The lowest BCUT2D eigenvalue weighted by atomic mass is 9.99. The normalized spacial score (nSPS) is 16.3. The molecule has 9 heteroatoms. The van der Waals surface area contributed by atoms with E-state index in [-0.39, 0.29) is 17.6 Å². The second-order valence-corrected chi connectivity index (χ2v) is 6.26. The van der Waals surface area contributed by atoms with Crippen LogP contribution in [-0.4, -0.2) is 36.3 Å². The Bertz CT molecular complexity index is 1170. The number of imidazole rings is 1. The number of H-pyrrole nitrogens is 1. The molecule has 0 saturated carbocycles. The Morgan fingerprint density at radius 3 is 2.96 bits per heavy atom. The van der Waals surface area contributed by atoms with Gasteiger partial charge in [0.1, 0.15) is 23.4 Å². The third-order valence-corrected chi connectivity index (χ3v) is 4.73. The van der Waals surface area contributed by atoms with Crippen LogP contribution in [0, 0.1) is 17.1 Å². The van der Waals surface area contributed by atoms with Crippen molar-refractivity contribution in [2.45, 2.75) is 12.5 Å². The monoisotopic (exact) mass is 360 g/mol. The van der Waals surface area contributed by atoms with E-state index in [1.165, 1.54) is 10.6 Å². The zero-order valence-corrected chi connectivity index (χ0v) is 14.0. The molecule has 1 N–H and O–H groups in total. The van der Waals surface area contributed by atoms with Gasteiger partial charge in [-0.05, 0) is 30.3 Å². The SMILES string of the molecule is N#Cc1ccc(N2CCc3[nH]cnc3[C@H]2c2cc3c(F)cccn3n2)nn1. The molecule has 4 aromatic rings. The summed E-state index contributed by atoms with van der Waals surface area (Å²) < 4.78 is 15.7. The first-order valence-corrected chi connectivity index (χ1v) is 8.41.